The average Bonchev–Trinajstić information content (AvgIpc) is 3.10. The molecule has 0 unspecified atom stereocenters. The minimum Gasteiger partial charge on any atom is -0.457 e. The van der Waals surface area contributed by atoms with Gasteiger partial charge in [0.05, 0.1) is 11.4 Å². The van der Waals surface area contributed by atoms with Crippen LogP contribution in [-0.2, 0) is 0 Å². The van der Waals surface area contributed by atoms with Crippen molar-refractivity contribution in [3.8, 4) is 44.9 Å². The first-order valence-corrected chi connectivity index (χ1v) is 14.9. The Hall–Kier alpha value is -5.86. The molecular formula is C42H31NO. The third-order valence-electron chi connectivity index (χ3n) is 7.68. The summed E-state index contributed by atoms with van der Waals surface area (Å²) in [6, 6.07) is 65.4. The highest BCUT2D eigenvalue weighted by Crippen LogP contribution is 2.48. The molecular weight excluding hydrogens is 534 g/mol. The van der Waals surface area contributed by atoms with Gasteiger partial charge < -0.3 is 9.64 Å². The summed E-state index contributed by atoms with van der Waals surface area (Å²) in [5.74, 6) is 1.57. The Labute approximate surface area is 259 Å². The lowest BCUT2D eigenvalue weighted by Crippen LogP contribution is -2.13. The highest BCUT2D eigenvalue weighted by Gasteiger charge is 2.23. The molecule has 0 aliphatic carbocycles. The van der Waals surface area contributed by atoms with E-state index in [4.69, 9.17) is 4.74 Å². The molecule has 0 aliphatic heterocycles. The molecule has 0 fully saturated rings. The van der Waals surface area contributed by atoms with Crippen LogP contribution < -0.4 is 9.64 Å². The van der Waals surface area contributed by atoms with Gasteiger partial charge in [-0.2, -0.15) is 0 Å². The fourth-order valence-corrected chi connectivity index (χ4v) is 5.66. The molecule has 0 bridgehead atoms. The van der Waals surface area contributed by atoms with Gasteiger partial charge >= 0.3 is 0 Å². The van der Waals surface area contributed by atoms with Crippen molar-refractivity contribution >= 4 is 17.1 Å². The summed E-state index contributed by atoms with van der Waals surface area (Å²) < 4.78 is 6.51. The van der Waals surface area contributed by atoms with E-state index in [0.29, 0.717) is 0 Å². The van der Waals surface area contributed by atoms with Gasteiger partial charge in [-0.15, -0.1) is 0 Å². The summed E-state index contributed by atoms with van der Waals surface area (Å²) in [6.45, 7) is 0. The molecule has 44 heavy (non-hydrogen) atoms. The fraction of sp³-hybridized carbons (Fsp3) is 0. The SMILES string of the molecule is c1ccc(Oc2cc(-c3ccccc3)cc(N(c3ccccc3)c3c(-c4ccccc4)cccc3-c3ccccc3)c2)cc1. The van der Waals surface area contributed by atoms with E-state index in [1.807, 2.05) is 36.4 Å². The maximum atomic E-state index is 6.51. The predicted octanol–water partition coefficient (Wildman–Crippen LogP) is 11.9. The van der Waals surface area contributed by atoms with Crippen LogP contribution in [0.4, 0.5) is 17.1 Å². The first-order chi connectivity index (χ1) is 21.8. The van der Waals surface area contributed by atoms with E-state index in [1.165, 1.54) is 0 Å². The number of hydrogen-bond donors (Lipinski definition) is 0. The highest BCUT2D eigenvalue weighted by molar-refractivity contribution is 5.98. The van der Waals surface area contributed by atoms with E-state index < -0.39 is 0 Å². The number of para-hydroxylation sites is 3. The topological polar surface area (TPSA) is 12.5 Å². The summed E-state index contributed by atoms with van der Waals surface area (Å²) >= 11 is 0. The van der Waals surface area contributed by atoms with E-state index >= 15 is 0 Å². The third kappa shape index (κ3) is 5.74. The van der Waals surface area contributed by atoms with E-state index in [-0.39, 0.29) is 0 Å². The minimum atomic E-state index is 0.770. The van der Waals surface area contributed by atoms with Gasteiger partial charge in [0.2, 0.25) is 0 Å². The van der Waals surface area contributed by atoms with Crippen LogP contribution in [-0.4, -0.2) is 0 Å². The first-order valence-electron chi connectivity index (χ1n) is 14.9. The molecule has 0 spiro atoms. The Bertz CT molecular complexity index is 1900. The standard InChI is InChI=1S/C42H31NO/c1-6-17-32(18-7-1)35-29-37(31-39(30-35)44-38-25-14-5-15-26-38)43(36-23-12-4-13-24-36)42-40(33-19-8-2-9-20-33)27-16-28-41(42)34-21-10-3-11-22-34/h1-31H. The molecule has 0 heterocycles. The molecule has 210 valence electrons. The zero-order valence-corrected chi connectivity index (χ0v) is 24.3. The van der Waals surface area contributed by atoms with Crippen molar-refractivity contribution in [1.29, 1.82) is 0 Å². The quantitative estimate of drug-likeness (QED) is 0.182. The summed E-state index contributed by atoms with van der Waals surface area (Å²) in [7, 11) is 0. The van der Waals surface area contributed by atoms with Crippen molar-refractivity contribution in [3.63, 3.8) is 0 Å². The smallest absolute Gasteiger partial charge is 0.130 e. The van der Waals surface area contributed by atoms with Crippen LogP contribution in [0, 0.1) is 0 Å². The normalized spacial score (nSPS) is 10.7. The van der Waals surface area contributed by atoms with Crippen LogP contribution in [0.2, 0.25) is 0 Å². The monoisotopic (exact) mass is 565 g/mol. The van der Waals surface area contributed by atoms with Gasteiger partial charge in [-0.3, -0.25) is 0 Å². The maximum Gasteiger partial charge on any atom is 0.130 e. The number of rotatable bonds is 8. The molecule has 0 saturated carbocycles. The van der Waals surface area contributed by atoms with Gasteiger partial charge in [0, 0.05) is 22.9 Å². The largest absolute Gasteiger partial charge is 0.457 e. The van der Waals surface area contributed by atoms with Crippen molar-refractivity contribution in [2.45, 2.75) is 0 Å². The fourth-order valence-electron chi connectivity index (χ4n) is 5.66. The molecule has 0 atom stereocenters. The first kappa shape index (κ1) is 27.0. The molecule has 0 N–H and O–H groups in total. The van der Waals surface area contributed by atoms with Gasteiger partial charge in [-0.25, -0.2) is 0 Å². The van der Waals surface area contributed by atoms with Gasteiger partial charge in [0.25, 0.3) is 0 Å². The zero-order chi connectivity index (χ0) is 29.6. The Balaban J connectivity index is 1.52. The van der Waals surface area contributed by atoms with Crippen molar-refractivity contribution in [2.75, 3.05) is 4.90 Å². The number of hydrogen-bond acceptors (Lipinski definition) is 2. The van der Waals surface area contributed by atoms with Crippen molar-refractivity contribution < 1.29 is 4.74 Å². The molecule has 2 nitrogen and oxygen atoms in total. The molecule has 7 aromatic carbocycles. The summed E-state index contributed by atoms with van der Waals surface area (Å²) in [4.78, 5) is 2.37. The number of benzene rings is 7. The minimum absolute atomic E-state index is 0.770. The van der Waals surface area contributed by atoms with Crippen molar-refractivity contribution in [3.05, 3.63) is 188 Å². The van der Waals surface area contributed by atoms with E-state index in [9.17, 15) is 0 Å². The van der Waals surface area contributed by atoms with Crippen molar-refractivity contribution in [2.24, 2.45) is 0 Å². The Morgan fingerprint density at radius 3 is 1.34 bits per heavy atom. The molecule has 0 saturated heterocycles. The van der Waals surface area contributed by atoms with Gasteiger partial charge in [0.15, 0.2) is 0 Å². The van der Waals surface area contributed by atoms with Crippen LogP contribution in [0.3, 0.4) is 0 Å². The van der Waals surface area contributed by atoms with Gasteiger partial charge in [-0.1, -0.05) is 146 Å². The van der Waals surface area contributed by atoms with Gasteiger partial charge in [-0.05, 0) is 58.7 Å². The highest BCUT2D eigenvalue weighted by atomic mass is 16.5. The van der Waals surface area contributed by atoms with E-state index in [2.05, 4.69) is 157 Å². The second kappa shape index (κ2) is 12.6. The second-order valence-electron chi connectivity index (χ2n) is 10.6. The molecule has 0 radical (unpaired) electrons. The molecule has 0 amide bonds. The zero-order valence-electron chi connectivity index (χ0n) is 24.3. The van der Waals surface area contributed by atoms with Gasteiger partial charge in [0.1, 0.15) is 11.5 Å². The van der Waals surface area contributed by atoms with E-state index in [1.54, 1.807) is 0 Å². The Morgan fingerprint density at radius 1 is 0.318 bits per heavy atom. The number of anilines is 3. The maximum absolute atomic E-state index is 6.51. The second-order valence-corrected chi connectivity index (χ2v) is 10.6. The molecule has 2 heteroatoms. The van der Waals surface area contributed by atoms with Crippen LogP contribution in [0.25, 0.3) is 33.4 Å². The summed E-state index contributed by atoms with van der Waals surface area (Å²) in [5.41, 5.74) is 9.97. The predicted molar refractivity (Wildman–Crippen MR) is 184 cm³/mol. The number of ether oxygens (including phenoxy) is 1. The summed E-state index contributed by atoms with van der Waals surface area (Å²) in [5, 5.41) is 0. The molecule has 7 aromatic rings. The van der Waals surface area contributed by atoms with Crippen LogP contribution in [0.1, 0.15) is 0 Å². The van der Waals surface area contributed by atoms with E-state index in [0.717, 1.165) is 61.9 Å². The Kier molecular flexibility index (Phi) is 7.71. The lowest BCUT2D eigenvalue weighted by atomic mass is 9.94. The lowest BCUT2D eigenvalue weighted by molar-refractivity contribution is 0.483. The Morgan fingerprint density at radius 2 is 0.795 bits per heavy atom. The van der Waals surface area contributed by atoms with Crippen LogP contribution in [0.15, 0.2) is 188 Å². The third-order valence-corrected chi connectivity index (χ3v) is 7.68. The van der Waals surface area contributed by atoms with Crippen LogP contribution in [0.5, 0.6) is 11.5 Å². The molecule has 0 aromatic heterocycles. The molecule has 7 rings (SSSR count). The number of nitrogens with zero attached hydrogens (tertiary/aromatic N) is 1. The lowest BCUT2D eigenvalue weighted by Gasteiger charge is -2.31. The molecule has 0 aliphatic rings. The average molecular weight is 566 g/mol. The van der Waals surface area contributed by atoms with Crippen LogP contribution >= 0.6 is 0 Å². The summed E-state index contributed by atoms with van der Waals surface area (Å²) in [6.07, 6.45) is 0. The van der Waals surface area contributed by atoms with Crippen molar-refractivity contribution in [1.82, 2.24) is 0 Å².